The second-order valence-electron chi connectivity index (χ2n) is 4.68. The molecule has 1 aliphatic rings. The zero-order valence-corrected chi connectivity index (χ0v) is 11.4. The van der Waals surface area contributed by atoms with Crippen LogP contribution in [0.2, 0.25) is 5.02 Å². The average Bonchev–Trinajstić information content (AvgIpc) is 2.80. The number of benzene rings is 1. The Morgan fingerprint density at radius 3 is 2.60 bits per heavy atom. The fourth-order valence-corrected chi connectivity index (χ4v) is 2.28. The summed E-state index contributed by atoms with van der Waals surface area (Å²) in [6.07, 6.45) is -0.735. The van der Waals surface area contributed by atoms with Gasteiger partial charge in [0.15, 0.2) is 0 Å². The number of carboxylic acids is 1. The molecule has 1 fully saturated rings. The van der Waals surface area contributed by atoms with E-state index in [1.165, 1.54) is 0 Å². The highest BCUT2D eigenvalue weighted by molar-refractivity contribution is 6.30. The van der Waals surface area contributed by atoms with Gasteiger partial charge in [0, 0.05) is 24.5 Å². The van der Waals surface area contributed by atoms with Crippen LogP contribution in [0, 0.1) is 0 Å². The van der Waals surface area contributed by atoms with E-state index in [1.807, 2.05) is 0 Å². The number of likely N-dealkylation sites (tertiary alicyclic amines) is 1. The van der Waals surface area contributed by atoms with E-state index >= 15 is 0 Å². The second-order valence-corrected chi connectivity index (χ2v) is 5.12. The van der Waals surface area contributed by atoms with Crippen molar-refractivity contribution in [3.05, 3.63) is 34.9 Å². The van der Waals surface area contributed by atoms with Gasteiger partial charge in [-0.25, -0.2) is 9.59 Å². The van der Waals surface area contributed by atoms with Crippen LogP contribution in [-0.2, 0) is 11.3 Å². The third-order valence-corrected chi connectivity index (χ3v) is 3.43. The average molecular weight is 299 g/mol. The Hall–Kier alpha value is -1.79. The van der Waals surface area contributed by atoms with Gasteiger partial charge in [-0.05, 0) is 17.7 Å². The van der Waals surface area contributed by atoms with E-state index in [2.05, 4.69) is 5.32 Å². The predicted octanol–water partition coefficient (Wildman–Crippen LogP) is 1.07. The Balaban J connectivity index is 1.94. The third kappa shape index (κ3) is 3.40. The largest absolute Gasteiger partial charge is 0.480 e. The number of aliphatic hydroxyl groups is 1. The number of carboxylic acid groups (broad SMARTS) is 1. The standard InChI is InChI=1S/C13H15ClN2O4/c14-9-3-1-8(2-4-9)6-15-13(20)16-7-10(17)5-11(16)12(18)19/h1-4,10-11,17H,5-7H2,(H,15,20)(H,18,19)/t10-,11+/m1/s1. The maximum Gasteiger partial charge on any atom is 0.326 e. The normalized spacial score (nSPS) is 21.8. The fraction of sp³-hybridized carbons (Fsp3) is 0.385. The number of halogens is 1. The Kier molecular flexibility index (Phi) is 4.46. The van der Waals surface area contributed by atoms with Crippen molar-refractivity contribution in [2.75, 3.05) is 6.54 Å². The molecule has 20 heavy (non-hydrogen) atoms. The van der Waals surface area contributed by atoms with E-state index in [0.717, 1.165) is 10.5 Å². The van der Waals surface area contributed by atoms with E-state index in [1.54, 1.807) is 24.3 Å². The van der Waals surface area contributed by atoms with Crippen molar-refractivity contribution in [1.82, 2.24) is 10.2 Å². The maximum atomic E-state index is 12.0. The molecule has 3 N–H and O–H groups in total. The highest BCUT2D eigenvalue weighted by Crippen LogP contribution is 2.18. The van der Waals surface area contributed by atoms with Crippen molar-refractivity contribution in [2.45, 2.75) is 25.1 Å². The second kappa shape index (κ2) is 6.11. The highest BCUT2D eigenvalue weighted by Gasteiger charge is 2.38. The molecule has 1 aromatic carbocycles. The molecule has 0 aromatic heterocycles. The van der Waals surface area contributed by atoms with Crippen LogP contribution < -0.4 is 5.32 Å². The number of β-amino-alcohol motifs (C(OH)–C–C–N with tert-alkyl or cyclic N) is 1. The smallest absolute Gasteiger partial charge is 0.326 e. The number of amides is 2. The summed E-state index contributed by atoms with van der Waals surface area (Å²) >= 11 is 5.76. The number of carbonyl (C=O) groups is 2. The van der Waals surface area contributed by atoms with Gasteiger partial charge in [0.05, 0.1) is 6.10 Å². The predicted molar refractivity (Wildman–Crippen MR) is 72.4 cm³/mol. The summed E-state index contributed by atoms with van der Waals surface area (Å²) in [5.41, 5.74) is 0.856. The minimum absolute atomic E-state index is 0.0312. The van der Waals surface area contributed by atoms with Crippen molar-refractivity contribution in [3.63, 3.8) is 0 Å². The molecule has 7 heteroatoms. The SMILES string of the molecule is O=C(O)[C@@H]1C[C@@H](O)CN1C(=O)NCc1ccc(Cl)cc1. The van der Waals surface area contributed by atoms with Crippen LogP contribution in [-0.4, -0.2) is 45.8 Å². The molecule has 0 radical (unpaired) electrons. The molecule has 0 unspecified atom stereocenters. The Bertz CT molecular complexity index is 506. The number of hydrogen-bond acceptors (Lipinski definition) is 3. The highest BCUT2D eigenvalue weighted by atomic mass is 35.5. The van der Waals surface area contributed by atoms with Crippen molar-refractivity contribution in [3.8, 4) is 0 Å². The molecule has 0 spiro atoms. The van der Waals surface area contributed by atoms with Gasteiger partial charge in [0.2, 0.25) is 0 Å². The van der Waals surface area contributed by atoms with Crippen molar-refractivity contribution in [2.24, 2.45) is 0 Å². The molecular formula is C13H15ClN2O4. The molecule has 0 saturated carbocycles. The minimum Gasteiger partial charge on any atom is -0.480 e. The number of nitrogens with one attached hydrogen (secondary N) is 1. The number of nitrogens with zero attached hydrogens (tertiary/aromatic N) is 1. The van der Waals surface area contributed by atoms with E-state index in [0.29, 0.717) is 5.02 Å². The van der Waals surface area contributed by atoms with Gasteiger partial charge in [0.25, 0.3) is 0 Å². The molecule has 2 rings (SSSR count). The van der Waals surface area contributed by atoms with E-state index in [4.69, 9.17) is 16.7 Å². The molecule has 0 aliphatic carbocycles. The maximum absolute atomic E-state index is 12.0. The van der Waals surface area contributed by atoms with Crippen molar-refractivity contribution >= 4 is 23.6 Å². The molecule has 6 nitrogen and oxygen atoms in total. The Morgan fingerprint density at radius 2 is 2.00 bits per heavy atom. The lowest BCUT2D eigenvalue weighted by Crippen LogP contribution is -2.45. The summed E-state index contributed by atoms with van der Waals surface area (Å²) in [5, 5.41) is 21.7. The van der Waals surface area contributed by atoms with Crippen LogP contribution in [0.3, 0.4) is 0 Å². The first kappa shape index (κ1) is 14.6. The number of urea groups is 1. The van der Waals surface area contributed by atoms with E-state index in [-0.39, 0.29) is 19.5 Å². The zero-order chi connectivity index (χ0) is 14.7. The summed E-state index contributed by atoms with van der Waals surface area (Å²) < 4.78 is 0. The minimum atomic E-state index is -1.11. The molecule has 2 amide bonds. The summed E-state index contributed by atoms with van der Waals surface area (Å²) in [5.74, 6) is -1.11. The first-order valence-electron chi connectivity index (χ1n) is 6.17. The summed E-state index contributed by atoms with van der Waals surface area (Å²) in [6.45, 7) is 0.304. The Morgan fingerprint density at radius 1 is 1.35 bits per heavy atom. The van der Waals surface area contributed by atoms with E-state index in [9.17, 15) is 14.7 Å². The molecule has 1 heterocycles. The topological polar surface area (TPSA) is 89.9 Å². The molecular weight excluding hydrogens is 284 g/mol. The van der Waals surface area contributed by atoms with Crippen LogP contribution in [0.5, 0.6) is 0 Å². The molecule has 1 saturated heterocycles. The van der Waals surface area contributed by atoms with Gasteiger partial charge in [-0.3, -0.25) is 0 Å². The lowest BCUT2D eigenvalue weighted by Gasteiger charge is -2.21. The molecule has 0 bridgehead atoms. The molecule has 2 atom stereocenters. The van der Waals surface area contributed by atoms with Crippen LogP contribution >= 0.6 is 11.6 Å². The fourth-order valence-electron chi connectivity index (χ4n) is 2.15. The first-order chi connectivity index (χ1) is 9.47. The van der Waals surface area contributed by atoms with Gasteiger partial charge in [0.1, 0.15) is 6.04 Å². The molecule has 1 aliphatic heterocycles. The quantitative estimate of drug-likeness (QED) is 0.778. The summed E-state index contributed by atoms with van der Waals surface area (Å²) in [4.78, 5) is 24.1. The van der Waals surface area contributed by atoms with Gasteiger partial charge >= 0.3 is 12.0 Å². The van der Waals surface area contributed by atoms with Crippen LogP contribution in [0.1, 0.15) is 12.0 Å². The van der Waals surface area contributed by atoms with Crippen LogP contribution in [0.25, 0.3) is 0 Å². The van der Waals surface area contributed by atoms with Gasteiger partial charge < -0.3 is 20.4 Å². The number of carbonyl (C=O) groups excluding carboxylic acids is 1. The number of rotatable bonds is 3. The van der Waals surface area contributed by atoms with Crippen LogP contribution in [0.4, 0.5) is 4.79 Å². The Labute approximate surface area is 121 Å². The summed E-state index contributed by atoms with van der Waals surface area (Å²) in [6, 6.07) is 5.50. The van der Waals surface area contributed by atoms with E-state index < -0.39 is 24.1 Å². The van der Waals surface area contributed by atoms with Gasteiger partial charge in [-0.2, -0.15) is 0 Å². The van der Waals surface area contributed by atoms with Gasteiger partial charge in [-0.1, -0.05) is 23.7 Å². The molecule has 1 aromatic rings. The van der Waals surface area contributed by atoms with Crippen molar-refractivity contribution in [1.29, 1.82) is 0 Å². The van der Waals surface area contributed by atoms with Crippen LogP contribution in [0.15, 0.2) is 24.3 Å². The molecule has 108 valence electrons. The lowest BCUT2D eigenvalue weighted by molar-refractivity contribution is -0.141. The monoisotopic (exact) mass is 298 g/mol. The number of aliphatic carboxylic acids is 1. The van der Waals surface area contributed by atoms with Crippen molar-refractivity contribution < 1.29 is 19.8 Å². The number of aliphatic hydroxyl groups excluding tert-OH is 1. The summed E-state index contributed by atoms with van der Waals surface area (Å²) in [7, 11) is 0. The van der Waals surface area contributed by atoms with Gasteiger partial charge in [-0.15, -0.1) is 0 Å². The lowest BCUT2D eigenvalue weighted by atomic mass is 10.2. The zero-order valence-electron chi connectivity index (χ0n) is 10.6. The first-order valence-corrected chi connectivity index (χ1v) is 6.55. The third-order valence-electron chi connectivity index (χ3n) is 3.18. The number of hydrogen-bond donors (Lipinski definition) is 3.